The number of carbonyl (C=O) groups excluding carboxylic acids is 2. The van der Waals surface area contributed by atoms with Crippen LogP contribution in [0.2, 0.25) is 0 Å². The van der Waals surface area contributed by atoms with Crippen molar-refractivity contribution in [2.75, 3.05) is 0 Å². The molecule has 0 aliphatic rings. The first kappa shape index (κ1) is 12.8. The van der Waals surface area contributed by atoms with E-state index in [0.29, 0.717) is 6.42 Å². The third-order valence-electron chi connectivity index (χ3n) is 1.86. The van der Waals surface area contributed by atoms with Crippen molar-refractivity contribution in [1.29, 1.82) is 0 Å². The summed E-state index contributed by atoms with van der Waals surface area (Å²) < 4.78 is 0. The van der Waals surface area contributed by atoms with Gasteiger partial charge in [0.05, 0.1) is 0 Å². The Kier molecular flexibility index (Phi) is 6.62. The minimum absolute atomic E-state index is 0.0488. The minimum atomic E-state index is -0.932. The van der Waals surface area contributed by atoms with Crippen molar-refractivity contribution < 1.29 is 19.5 Å². The highest BCUT2D eigenvalue weighted by molar-refractivity contribution is 6.37. The zero-order valence-electron chi connectivity index (χ0n) is 8.41. The second kappa shape index (κ2) is 7.24. The molecular weight excluding hydrogens is 184 g/mol. The zero-order valence-corrected chi connectivity index (χ0v) is 8.41. The Morgan fingerprint density at radius 1 is 0.929 bits per heavy atom. The van der Waals surface area contributed by atoms with Crippen LogP contribution in [0.5, 0.6) is 0 Å². The largest absolute Gasteiger partial charge is 0.481 e. The molecule has 0 saturated heterocycles. The smallest absolute Gasteiger partial charge is 0.303 e. The SMILES string of the molecule is CCCCC(=O)C(=O)CCCC(=O)O. The van der Waals surface area contributed by atoms with Gasteiger partial charge >= 0.3 is 5.97 Å². The standard InChI is InChI=1S/C10H16O4/c1-2-3-5-8(11)9(12)6-4-7-10(13)14/h2-7H2,1H3,(H,13,14). The van der Waals surface area contributed by atoms with Crippen molar-refractivity contribution in [2.24, 2.45) is 0 Å². The van der Waals surface area contributed by atoms with Crippen molar-refractivity contribution in [3.63, 3.8) is 0 Å². The lowest BCUT2D eigenvalue weighted by Crippen LogP contribution is -2.13. The fraction of sp³-hybridized carbons (Fsp3) is 0.700. The molecule has 80 valence electrons. The molecule has 0 fully saturated rings. The van der Waals surface area contributed by atoms with Gasteiger partial charge in [-0.1, -0.05) is 13.3 Å². The van der Waals surface area contributed by atoms with Gasteiger partial charge in [0.25, 0.3) is 0 Å². The van der Waals surface area contributed by atoms with E-state index in [1.807, 2.05) is 6.92 Å². The van der Waals surface area contributed by atoms with Crippen molar-refractivity contribution in [1.82, 2.24) is 0 Å². The maximum absolute atomic E-state index is 11.1. The number of carboxylic acid groups (broad SMARTS) is 1. The molecule has 0 rings (SSSR count). The number of carboxylic acids is 1. The van der Waals surface area contributed by atoms with Crippen LogP contribution >= 0.6 is 0 Å². The molecule has 0 aliphatic heterocycles. The van der Waals surface area contributed by atoms with Crippen LogP contribution in [0.1, 0.15) is 45.4 Å². The highest BCUT2D eigenvalue weighted by Gasteiger charge is 2.12. The predicted octanol–water partition coefficient (Wildman–Crippen LogP) is 1.57. The fourth-order valence-electron chi connectivity index (χ4n) is 1.02. The van der Waals surface area contributed by atoms with E-state index in [9.17, 15) is 14.4 Å². The Morgan fingerprint density at radius 3 is 1.86 bits per heavy atom. The summed E-state index contributed by atoms with van der Waals surface area (Å²) in [4.78, 5) is 32.3. The van der Waals surface area contributed by atoms with Gasteiger partial charge in [-0.15, -0.1) is 0 Å². The number of aliphatic carboxylic acids is 1. The molecule has 4 heteroatoms. The number of Topliss-reactive ketones (excluding diaryl/α,β-unsaturated/α-hetero) is 2. The molecule has 0 aromatic carbocycles. The normalized spacial score (nSPS) is 9.79. The van der Waals surface area contributed by atoms with Crippen LogP contribution in [0.15, 0.2) is 0 Å². The number of hydrogen-bond donors (Lipinski definition) is 1. The van der Waals surface area contributed by atoms with Gasteiger partial charge in [0.1, 0.15) is 0 Å². The summed E-state index contributed by atoms with van der Waals surface area (Å²) in [6, 6.07) is 0. The number of unbranched alkanes of at least 4 members (excludes halogenated alkanes) is 1. The van der Waals surface area contributed by atoms with E-state index in [2.05, 4.69) is 0 Å². The third-order valence-corrected chi connectivity index (χ3v) is 1.86. The summed E-state index contributed by atoms with van der Waals surface area (Å²) in [6.45, 7) is 1.95. The van der Waals surface area contributed by atoms with Crippen LogP contribution in [0.25, 0.3) is 0 Å². The van der Waals surface area contributed by atoms with Gasteiger partial charge in [-0.25, -0.2) is 0 Å². The molecule has 0 spiro atoms. The minimum Gasteiger partial charge on any atom is -0.481 e. The van der Waals surface area contributed by atoms with Gasteiger partial charge in [0.2, 0.25) is 0 Å². The zero-order chi connectivity index (χ0) is 11.0. The van der Waals surface area contributed by atoms with Crippen molar-refractivity contribution >= 4 is 17.5 Å². The van der Waals surface area contributed by atoms with E-state index in [1.54, 1.807) is 0 Å². The van der Waals surface area contributed by atoms with Gasteiger partial charge < -0.3 is 5.11 Å². The molecule has 0 radical (unpaired) electrons. The molecule has 4 nitrogen and oxygen atoms in total. The predicted molar refractivity (Wildman–Crippen MR) is 51.0 cm³/mol. The monoisotopic (exact) mass is 200 g/mol. The molecule has 1 N–H and O–H groups in total. The average Bonchev–Trinajstić information content (AvgIpc) is 2.13. The highest BCUT2D eigenvalue weighted by Crippen LogP contribution is 2.02. The Balaban J connectivity index is 3.62. The fourth-order valence-corrected chi connectivity index (χ4v) is 1.02. The number of ketones is 2. The molecule has 0 saturated carbocycles. The Labute approximate surface area is 83.3 Å². The molecule has 0 aromatic rings. The van der Waals surface area contributed by atoms with Crippen LogP contribution in [0.3, 0.4) is 0 Å². The Morgan fingerprint density at radius 2 is 1.43 bits per heavy atom. The van der Waals surface area contributed by atoms with Gasteiger partial charge in [-0.2, -0.15) is 0 Å². The lowest BCUT2D eigenvalue weighted by atomic mass is 10.1. The summed E-state index contributed by atoms with van der Waals surface area (Å²) in [5.74, 6) is -1.73. The molecule has 0 unspecified atom stereocenters. The quantitative estimate of drug-likeness (QED) is 0.604. The first-order chi connectivity index (χ1) is 6.57. The molecule has 14 heavy (non-hydrogen) atoms. The van der Waals surface area contributed by atoms with Gasteiger partial charge in [0.15, 0.2) is 11.6 Å². The summed E-state index contributed by atoms with van der Waals surface area (Å²) in [5.41, 5.74) is 0. The van der Waals surface area contributed by atoms with E-state index < -0.39 is 11.8 Å². The highest BCUT2D eigenvalue weighted by atomic mass is 16.4. The Hall–Kier alpha value is -1.19. The number of hydrogen-bond acceptors (Lipinski definition) is 3. The van der Waals surface area contributed by atoms with Crippen LogP contribution in [0.4, 0.5) is 0 Å². The molecule has 0 heterocycles. The van der Waals surface area contributed by atoms with Crippen LogP contribution in [-0.4, -0.2) is 22.6 Å². The molecular formula is C10H16O4. The average molecular weight is 200 g/mol. The molecule has 0 amide bonds. The molecule has 0 aromatic heterocycles. The van der Waals surface area contributed by atoms with Crippen molar-refractivity contribution in [3.8, 4) is 0 Å². The molecule has 0 bridgehead atoms. The summed E-state index contributed by atoms with van der Waals surface area (Å²) in [7, 11) is 0. The lowest BCUT2D eigenvalue weighted by Gasteiger charge is -1.97. The maximum atomic E-state index is 11.1. The van der Waals surface area contributed by atoms with Crippen LogP contribution < -0.4 is 0 Å². The van der Waals surface area contributed by atoms with Gasteiger partial charge in [-0.05, 0) is 12.8 Å². The second-order valence-electron chi connectivity index (χ2n) is 3.20. The topological polar surface area (TPSA) is 71.4 Å². The first-order valence-corrected chi connectivity index (χ1v) is 4.85. The second-order valence-corrected chi connectivity index (χ2v) is 3.20. The van der Waals surface area contributed by atoms with Gasteiger partial charge in [-0.3, -0.25) is 14.4 Å². The van der Waals surface area contributed by atoms with E-state index in [0.717, 1.165) is 12.8 Å². The van der Waals surface area contributed by atoms with Crippen LogP contribution in [0, 0.1) is 0 Å². The molecule has 0 atom stereocenters. The van der Waals surface area contributed by atoms with E-state index in [-0.39, 0.29) is 25.0 Å². The van der Waals surface area contributed by atoms with E-state index in [1.165, 1.54) is 0 Å². The number of carbonyl (C=O) groups is 3. The summed E-state index contributed by atoms with van der Waals surface area (Å²) in [5, 5.41) is 8.31. The first-order valence-electron chi connectivity index (χ1n) is 4.85. The lowest BCUT2D eigenvalue weighted by molar-refractivity contribution is -0.138. The Bertz CT molecular complexity index is 220. The summed E-state index contributed by atoms with van der Waals surface area (Å²) in [6.07, 6.45) is 2.17. The van der Waals surface area contributed by atoms with Gasteiger partial charge in [0, 0.05) is 19.3 Å². The maximum Gasteiger partial charge on any atom is 0.303 e. The third kappa shape index (κ3) is 6.34. The van der Waals surface area contributed by atoms with Crippen LogP contribution in [-0.2, 0) is 14.4 Å². The number of rotatable bonds is 8. The van der Waals surface area contributed by atoms with Crippen molar-refractivity contribution in [2.45, 2.75) is 45.4 Å². The van der Waals surface area contributed by atoms with Crippen molar-refractivity contribution in [3.05, 3.63) is 0 Å². The van der Waals surface area contributed by atoms with E-state index >= 15 is 0 Å². The summed E-state index contributed by atoms with van der Waals surface area (Å²) >= 11 is 0. The molecule has 0 aliphatic carbocycles. The van der Waals surface area contributed by atoms with E-state index in [4.69, 9.17) is 5.11 Å².